The molecule has 0 atom stereocenters. The van der Waals surface area contributed by atoms with Gasteiger partial charge in [0.05, 0.1) is 18.8 Å². The van der Waals surface area contributed by atoms with E-state index in [-0.39, 0.29) is 5.69 Å². The van der Waals surface area contributed by atoms with E-state index in [0.29, 0.717) is 29.5 Å². The highest BCUT2D eigenvalue weighted by molar-refractivity contribution is 7.13. The van der Waals surface area contributed by atoms with Crippen LogP contribution in [0.1, 0.15) is 21.6 Å². The molecule has 0 saturated carbocycles. The van der Waals surface area contributed by atoms with Crippen molar-refractivity contribution in [3.05, 3.63) is 70.7 Å². The van der Waals surface area contributed by atoms with E-state index in [1.165, 1.54) is 6.07 Å². The van der Waals surface area contributed by atoms with Gasteiger partial charge in [0.25, 0.3) is 5.91 Å². The standard InChI is InChI=1S/C22H20F3N3O2S/c23-22(24,25)17-5-2-4-16(12-17)21-27-19(14-31-21)20(29)26-18-6-1-3-15(11-18)13-28-7-9-30-10-8-28/h1-6,11-12,14H,7-10,13H2,(H,26,29). The van der Waals surface area contributed by atoms with Crippen LogP contribution in [-0.2, 0) is 17.5 Å². The van der Waals surface area contributed by atoms with E-state index in [9.17, 15) is 18.0 Å². The second-order valence-electron chi connectivity index (χ2n) is 7.16. The Morgan fingerprint density at radius 1 is 1.13 bits per heavy atom. The fourth-order valence-electron chi connectivity index (χ4n) is 3.30. The number of anilines is 1. The monoisotopic (exact) mass is 447 g/mol. The molecule has 1 aromatic heterocycles. The summed E-state index contributed by atoms with van der Waals surface area (Å²) < 4.78 is 44.2. The third kappa shape index (κ3) is 5.49. The van der Waals surface area contributed by atoms with Gasteiger partial charge in [-0.25, -0.2) is 4.98 Å². The number of carbonyl (C=O) groups excluding carboxylic acids is 1. The molecule has 162 valence electrons. The number of amides is 1. The first kappa shape index (κ1) is 21.5. The maximum Gasteiger partial charge on any atom is 0.416 e. The molecule has 0 bridgehead atoms. The van der Waals surface area contributed by atoms with Crippen LogP contribution in [0.5, 0.6) is 0 Å². The van der Waals surface area contributed by atoms with Gasteiger partial charge in [-0.2, -0.15) is 13.2 Å². The normalized spacial score (nSPS) is 15.1. The number of rotatable bonds is 5. The lowest BCUT2D eigenvalue weighted by atomic mass is 10.1. The van der Waals surface area contributed by atoms with Crippen LogP contribution in [0.4, 0.5) is 18.9 Å². The van der Waals surface area contributed by atoms with Crippen molar-refractivity contribution >= 4 is 22.9 Å². The predicted octanol–water partition coefficient (Wildman–Crippen LogP) is 4.91. The Balaban J connectivity index is 1.44. The molecule has 5 nitrogen and oxygen atoms in total. The molecule has 3 aromatic rings. The maximum absolute atomic E-state index is 12.9. The van der Waals surface area contributed by atoms with Crippen molar-refractivity contribution in [1.29, 1.82) is 0 Å². The first-order valence-corrected chi connectivity index (χ1v) is 10.6. The van der Waals surface area contributed by atoms with Crippen molar-refractivity contribution < 1.29 is 22.7 Å². The summed E-state index contributed by atoms with van der Waals surface area (Å²) in [5.41, 5.74) is 1.46. The molecule has 1 fully saturated rings. The smallest absolute Gasteiger partial charge is 0.379 e. The molecule has 0 spiro atoms. The Kier molecular flexibility index (Phi) is 6.35. The van der Waals surface area contributed by atoms with Crippen molar-refractivity contribution in [3.8, 4) is 10.6 Å². The van der Waals surface area contributed by atoms with Crippen LogP contribution in [0.25, 0.3) is 10.6 Å². The Morgan fingerprint density at radius 3 is 2.68 bits per heavy atom. The van der Waals surface area contributed by atoms with Crippen LogP contribution in [-0.4, -0.2) is 42.1 Å². The molecule has 0 radical (unpaired) electrons. The van der Waals surface area contributed by atoms with Gasteiger partial charge in [-0.05, 0) is 29.8 Å². The summed E-state index contributed by atoms with van der Waals surface area (Å²) in [6.07, 6.45) is -4.43. The molecule has 0 unspecified atom stereocenters. The van der Waals surface area contributed by atoms with Crippen molar-refractivity contribution in [3.63, 3.8) is 0 Å². The first-order chi connectivity index (χ1) is 14.9. The Labute approximate surface area is 181 Å². The summed E-state index contributed by atoms with van der Waals surface area (Å²) >= 11 is 1.13. The lowest BCUT2D eigenvalue weighted by molar-refractivity contribution is -0.137. The summed E-state index contributed by atoms with van der Waals surface area (Å²) in [6, 6.07) is 12.5. The SMILES string of the molecule is O=C(Nc1cccc(CN2CCOCC2)c1)c1csc(-c2cccc(C(F)(F)F)c2)n1. The number of morpholine rings is 1. The van der Waals surface area contributed by atoms with Crippen molar-refractivity contribution in [2.75, 3.05) is 31.6 Å². The van der Waals surface area contributed by atoms with Gasteiger partial charge in [0, 0.05) is 36.3 Å². The fourth-order valence-corrected chi connectivity index (χ4v) is 4.10. The number of aromatic nitrogens is 1. The van der Waals surface area contributed by atoms with Crippen LogP contribution >= 0.6 is 11.3 Å². The van der Waals surface area contributed by atoms with E-state index < -0.39 is 17.6 Å². The van der Waals surface area contributed by atoms with E-state index in [1.807, 2.05) is 18.2 Å². The number of benzene rings is 2. The average molecular weight is 447 g/mol. The zero-order valence-corrected chi connectivity index (χ0v) is 17.3. The molecule has 1 amide bonds. The van der Waals surface area contributed by atoms with Gasteiger partial charge >= 0.3 is 6.18 Å². The lowest BCUT2D eigenvalue weighted by Gasteiger charge is -2.26. The molecular weight excluding hydrogens is 427 g/mol. The number of alkyl halides is 3. The number of carbonyl (C=O) groups is 1. The maximum atomic E-state index is 12.9. The van der Waals surface area contributed by atoms with Gasteiger partial charge in [-0.3, -0.25) is 9.69 Å². The van der Waals surface area contributed by atoms with Crippen molar-refractivity contribution in [1.82, 2.24) is 9.88 Å². The molecule has 2 aromatic carbocycles. The van der Waals surface area contributed by atoms with Gasteiger partial charge in [-0.1, -0.05) is 24.3 Å². The number of nitrogens with one attached hydrogen (secondary N) is 1. The minimum atomic E-state index is -4.43. The highest BCUT2D eigenvalue weighted by Gasteiger charge is 2.30. The third-order valence-electron chi connectivity index (χ3n) is 4.87. The third-order valence-corrected chi connectivity index (χ3v) is 5.76. The summed E-state index contributed by atoms with van der Waals surface area (Å²) in [5, 5.41) is 4.72. The molecule has 31 heavy (non-hydrogen) atoms. The minimum Gasteiger partial charge on any atom is -0.379 e. The number of thiazole rings is 1. The van der Waals surface area contributed by atoms with Gasteiger partial charge in [0.2, 0.25) is 0 Å². The summed E-state index contributed by atoms with van der Waals surface area (Å²) in [4.78, 5) is 19.1. The Bertz CT molecular complexity index is 1060. The summed E-state index contributed by atoms with van der Waals surface area (Å²) in [7, 11) is 0. The molecule has 1 saturated heterocycles. The largest absolute Gasteiger partial charge is 0.416 e. The van der Waals surface area contributed by atoms with Crippen LogP contribution in [0.3, 0.4) is 0 Å². The molecule has 1 aliphatic rings. The highest BCUT2D eigenvalue weighted by Crippen LogP contribution is 2.33. The lowest BCUT2D eigenvalue weighted by Crippen LogP contribution is -2.35. The van der Waals surface area contributed by atoms with Gasteiger partial charge in [0.15, 0.2) is 0 Å². The van der Waals surface area contributed by atoms with Gasteiger partial charge in [0.1, 0.15) is 10.7 Å². The van der Waals surface area contributed by atoms with E-state index in [4.69, 9.17) is 4.74 Å². The van der Waals surface area contributed by atoms with Crippen molar-refractivity contribution in [2.24, 2.45) is 0 Å². The zero-order valence-electron chi connectivity index (χ0n) is 16.5. The molecule has 0 aliphatic carbocycles. The molecule has 2 heterocycles. The molecular formula is C22H20F3N3O2S. The number of hydrogen-bond donors (Lipinski definition) is 1. The predicted molar refractivity (Wildman–Crippen MR) is 113 cm³/mol. The molecule has 9 heteroatoms. The second kappa shape index (κ2) is 9.17. The van der Waals surface area contributed by atoms with E-state index in [0.717, 1.165) is 48.7 Å². The number of halogens is 3. The summed E-state index contributed by atoms with van der Waals surface area (Å²) in [5.74, 6) is -0.405. The minimum absolute atomic E-state index is 0.163. The zero-order chi connectivity index (χ0) is 21.8. The number of ether oxygens (including phenoxy) is 1. The summed E-state index contributed by atoms with van der Waals surface area (Å²) in [6.45, 7) is 3.94. The Hall–Kier alpha value is -2.75. The molecule has 1 aliphatic heterocycles. The molecule has 1 N–H and O–H groups in total. The average Bonchev–Trinajstić information content (AvgIpc) is 3.25. The van der Waals surface area contributed by atoms with Crippen LogP contribution in [0.2, 0.25) is 0 Å². The van der Waals surface area contributed by atoms with Crippen molar-refractivity contribution in [2.45, 2.75) is 12.7 Å². The van der Waals surface area contributed by atoms with E-state index in [2.05, 4.69) is 15.2 Å². The van der Waals surface area contributed by atoms with E-state index >= 15 is 0 Å². The quantitative estimate of drug-likeness (QED) is 0.604. The number of nitrogens with zero attached hydrogens (tertiary/aromatic N) is 2. The van der Waals surface area contributed by atoms with Gasteiger partial charge in [-0.15, -0.1) is 11.3 Å². The van der Waals surface area contributed by atoms with Crippen LogP contribution in [0, 0.1) is 0 Å². The Morgan fingerprint density at radius 2 is 1.90 bits per heavy atom. The second-order valence-corrected chi connectivity index (χ2v) is 8.02. The topological polar surface area (TPSA) is 54.5 Å². The highest BCUT2D eigenvalue weighted by atomic mass is 32.1. The van der Waals surface area contributed by atoms with Crippen LogP contribution < -0.4 is 5.32 Å². The fraction of sp³-hybridized carbons (Fsp3) is 0.273. The van der Waals surface area contributed by atoms with E-state index in [1.54, 1.807) is 17.5 Å². The van der Waals surface area contributed by atoms with Crippen LogP contribution in [0.15, 0.2) is 53.9 Å². The van der Waals surface area contributed by atoms with Gasteiger partial charge < -0.3 is 10.1 Å². The first-order valence-electron chi connectivity index (χ1n) is 9.72. The number of hydrogen-bond acceptors (Lipinski definition) is 5. The molecule has 4 rings (SSSR count).